The quantitative estimate of drug-likeness (QED) is 0.168. The largest absolute Gasteiger partial charge is 0.456 e. The summed E-state index contributed by atoms with van der Waals surface area (Å²) in [6, 6.07) is 70.7. The summed E-state index contributed by atoms with van der Waals surface area (Å²) >= 11 is 0. The minimum atomic E-state index is -0.561. The molecular formula is C61H50N2O. The van der Waals surface area contributed by atoms with Gasteiger partial charge in [-0.05, 0) is 96.8 Å². The van der Waals surface area contributed by atoms with E-state index in [0.29, 0.717) is 5.82 Å². The molecule has 3 heteroatoms. The molecule has 0 aliphatic heterocycles. The van der Waals surface area contributed by atoms with Crippen LogP contribution in [0, 0.1) is 0 Å². The number of hydrogen-bond donors (Lipinski definition) is 0. The zero-order chi connectivity index (χ0) is 43.8. The fourth-order valence-corrected chi connectivity index (χ4v) is 9.87. The Bertz CT molecular complexity index is 3300. The number of furan rings is 1. The van der Waals surface area contributed by atoms with Crippen molar-refractivity contribution in [1.82, 2.24) is 9.97 Å². The van der Waals surface area contributed by atoms with E-state index < -0.39 is 5.41 Å². The van der Waals surface area contributed by atoms with Gasteiger partial charge in [0.15, 0.2) is 5.82 Å². The third-order valence-electron chi connectivity index (χ3n) is 13.4. The fourth-order valence-electron chi connectivity index (χ4n) is 9.87. The zero-order valence-electron chi connectivity index (χ0n) is 37.3. The molecule has 0 atom stereocenters. The maximum absolute atomic E-state index is 6.13. The minimum absolute atomic E-state index is 0.0319. The highest BCUT2D eigenvalue weighted by Crippen LogP contribution is 2.57. The van der Waals surface area contributed by atoms with Crippen molar-refractivity contribution in [2.24, 2.45) is 0 Å². The van der Waals surface area contributed by atoms with Gasteiger partial charge in [0, 0.05) is 27.5 Å². The summed E-state index contributed by atoms with van der Waals surface area (Å²) in [6.07, 6.45) is 0. The van der Waals surface area contributed by atoms with Gasteiger partial charge in [0.2, 0.25) is 0 Å². The summed E-state index contributed by atoms with van der Waals surface area (Å²) < 4.78 is 6.13. The highest BCUT2D eigenvalue weighted by Gasteiger charge is 2.46. The van der Waals surface area contributed by atoms with E-state index in [0.717, 1.165) is 61.1 Å². The molecule has 11 rings (SSSR count). The van der Waals surface area contributed by atoms with Gasteiger partial charge >= 0.3 is 0 Å². The summed E-state index contributed by atoms with van der Waals surface area (Å²) in [5.74, 6) is 0.694. The third-order valence-corrected chi connectivity index (χ3v) is 13.4. The second-order valence-corrected chi connectivity index (χ2v) is 19.4. The number of aromatic nitrogens is 2. The molecule has 0 spiro atoms. The predicted molar refractivity (Wildman–Crippen MR) is 266 cm³/mol. The van der Waals surface area contributed by atoms with Crippen LogP contribution >= 0.6 is 0 Å². The second-order valence-electron chi connectivity index (χ2n) is 19.4. The van der Waals surface area contributed by atoms with Crippen LogP contribution in [0.2, 0.25) is 0 Å². The van der Waals surface area contributed by atoms with Gasteiger partial charge in [0.1, 0.15) is 11.2 Å². The van der Waals surface area contributed by atoms with Crippen molar-refractivity contribution < 1.29 is 4.42 Å². The lowest BCUT2D eigenvalue weighted by Gasteiger charge is -2.35. The molecular weight excluding hydrogens is 777 g/mol. The number of fused-ring (bicyclic) bond motifs is 6. The molecule has 64 heavy (non-hydrogen) atoms. The van der Waals surface area contributed by atoms with E-state index >= 15 is 0 Å². The maximum Gasteiger partial charge on any atom is 0.160 e. The van der Waals surface area contributed by atoms with Gasteiger partial charge in [-0.15, -0.1) is 0 Å². The monoisotopic (exact) mass is 826 g/mol. The smallest absolute Gasteiger partial charge is 0.160 e. The van der Waals surface area contributed by atoms with Crippen molar-refractivity contribution in [3.05, 3.63) is 228 Å². The van der Waals surface area contributed by atoms with Gasteiger partial charge in [-0.2, -0.15) is 0 Å². The van der Waals surface area contributed by atoms with E-state index in [2.05, 4.69) is 217 Å². The summed E-state index contributed by atoms with van der Waals surface area (Å²) in [7, 11) is 0. The van der Waals surface area contributed by atoms with Crippen molar-refractivity contribution in [1.29, 1.82) is 0 Å². The molecule has 0 saturated carbocycles. The van der Waals surface area contributed by atoms with Crippen molar-refractivity contribution in [3.8, 4) is 56.2 Å². The van der Waals surface area contributed by atoms with Crippen LogP contribution in [0.4, 0.5) is 0 Å². The molecule has 0 bridgehead atoms. The van der Waals surface area contributed by atoms with Gasteiger partial charge in [0.25, 0.3) is 0 Å². The Morgan fingerprint density at radius 1 is 0.375 bits per heavy atom. The Balaban J connectivity index is 1.07. The standard InChI is InChI=1S/C61H50N2O/c1-59(2,3)44-26-30-46(31-27-44)61(47-32-28-45(29-33-47)60(4,5)6)52-18-12-10-16-48(52)49-34-24-43(37-53(49)61)55-38-54(62-58(63-55)41-14-8-7-9-15-41)40-22-20-39(21-23-40)42-25-35-57-51(36-42)50-17-11-13-19-56(50)64-57/h7-38H,1-6H3. The van der Waals surface area contributed by atoms with E-state index in [9.17, 15) is 0 Å². The summed E-state index contributed by atoms with van der Waals surface area (Å²) in [4.78, 5) is 10.6. The number of para-hydroxylation sites is 1. The van der Waals surface area contributed by atoms with Crippen LogP contribution in [0.25, 0.3) is 78.1 Å². The van der Waals surface area contributed by atoms with E-state index in [1.165, 1.54) is 44.5 Å². The Morgan fingerprint density at radius 3 is 1.58 bits per heavy atom. The van der Waals surface area contributed by atoms with E-state index in [1.54, 1.807) is 0 Å². The lowest BCUT2D eigenvalue weighted by atomic mass is 9.66. The SMILES string of the molecule is CC(C)(C)c1ccc(C2(c3ccc(C(C)(C)C)cc3)c3ccccc3-c3ccc(-c4cc(-c5ccc(-c6ccc7oc8ccccc8c7c6)cc5)nc(-c5ccccc5)n4)cc32)cc1. The molecule has 0 saturated heterocycles. The molecule has 8 aromatic carbocycles. The molecule has 1 aliphatic rings. The average molecular weight is 827 g/mol. The van der Waals surface area contributed by atoms with Crippen LogP contribution in [0.3, 0.4) is 0 Å². The van der Waals surface area contributed by atoms with Crippen molar-refractivity contribution in [2.45, 2.75) is 57.8 Å². The fraction of sp³-hybridized carbons (Fsp3) is 0.148. The van der Waals surface area contributed by atoms with Crippen LogP contribution in [-0.2, 0) is 16.2 Å². The van der Waals surface area contributed by atoms with Crippen molar-refractivity contribution in [2.75, 3.05) is 0 Å². The number of hydrogen-bond acceptors (Lipinski definition) is 3. The van der Waals surface area contributed by atoms with Crippen LogP contribution in [-0.4, -0.2) is 9.97 Å². The number of rotatable bonds is 6. The summed E-state index contributed by atoms with van der Waals surface area (Å²) in [6.45, 7) is 13.7. The molecule has 310 valence electrons. The van der Waals surface area contributed by atoms with Gasteiger partial charge in [0.05, 0.1) is 16.8 Å². The zero-order valence-corrected chi connectivity index (χ0v) is 37.3. The molecule has 2 heterocycles. The first-order valence-electron chi connectivity index (χ1n) is 22.4. The van der Waals surface area contributed by atoms with Crippen LogP contribution in [0.1, 0.15) is 74.9 Å². The first kappa shape index (κ1) is 39.5. The lowest BCUT2D eigenvalue weighted by Crippen LogP contribution is -2.29. The van der Waals surface area contributed by atoms with Gasteiger partial charge < -0.3 is 4.42 Å². The Hall–Kier alpha value is -7.36. The molecule has 0 fully saturated rings. The molecule has 0 N–H and O–H groups in total. The van der Waals surface area contributed by atoms with Crippen molar-refractivity contribution >= 4 is 21.9 Å². The van der Waals surface area contributed by atoms with Gasteiger partial charge in [-0.25, -0.2) is 9.97 Å². The molecule has 2 aromatic heterocycles. The first-order chi connectivity index (χ1) is 30.9. The summed E-state index contributed by atoms with van der Waals surface area (Å²) in [5, 5.41) is 2.25. The Labute approximate surface area is 376 Å². The van der Waals surface area contributed by atoms with E-state index in [-0.39, 0.29) is 10.8 Å². The first-order valence-corrected chi connectivity index (χ1v) is 22.4. The third kappa shape index (κ3) is 6.57. The lowest BCUT2D eigenvalue weighted by molar-refractivity contribution is 0.588. The molecule has 0 radical (unpaired) electrons. The average Bonchev–Trinajstić information content (AvgIpc) is 3.84. The van der Waals surface area contributed by atoms with Crippen LogP contribution in [0.5, 0.6) is 0 Å². The normalized spacial score (nSPS) is 13.3. The highest BCUT2D eigenvalue weighted by molar-refractivity contribution is 6.06. The van der Waals surface area contributed by atoms with Crippen molar-refractivity contribution in [3.63, 3.8) is 0 Å². The molecule has 0 amide bonds. The predicted octanol–water partition coefficient (Wildman–Crippen LogP) is 16.0. The Morgan fingerprint density at radius 2 is 0.906 bits per heavy atom. The molecule has 1 aliphatic carbocycles. The summed E-state index contributed by atoms with van der Waals surface area (Å²) in [5.41, 5.74) is 18.6. The molecule has 10 aromatic rings. The Kier molecular flexibility index (Phi) is 9.18. The highest BCUT2D eigenvalue weighted by atomic mass is 16.3. The number of nitrogens with zero attached hydrogens (tertiary/aromatic N) is 2. The maximum atomic E-state index is 6.13. The van der Waals surface area contributed by atoms with Crippen LogP contribution < -0.4 is 0 Å². The van der Waals surface area contributed by atoms with E-state index in [4.69, 9.17) is 14.4 Å². The number of benzene rings is 8. The minimum Gasteiger partial charge on any atom is -0.456 e. The molecule has 3 nitrogen and oxygen atoms in total. The topological polar surface area (TPSA) is 38.9 Å². The van der Waals surface area contributed by atoms with Crippen LogP contribution in [0.15, 0.2) is 199 Å². The molecule has 0 unspecified atom stereocenters. The van der Waals surface area contributed by atoms with E-state index in [1.807, 2.05) is 18.2 Å². The van der Waals surface area contributed by atoms with Gasteiger partial charge in [-0.3, -0.25) is 0 Å². The van der Waals surface area contributed by atoms with Gasteiger partial charge in [-0.1, -0.05) is 205 Å². The second kappa shape index (κ2) is 14.9.